The summed E-state index contributed by atoms with van der Waals surface area (Å²) in [5.74, 6) is 1.54. The SMILES string of the molecule is Cc1cc2c(o1)C(O)(CN)CC2. The van der Waals surface area contributed by atoms with Crippen molar-refractivity contribution in [2.24, 2.45) is 5.73 Å². The van der Waals surface area contributed by atoms with Gasteiger partial charge in [-0.25, -0.2) is 0 Å². The fourth-order valence-electron chi connectivity index (χ4n) is 1.80. The van der Waals surface area contributed by atoms with Crippen molar-refractivity contribution in [3.8, 4) is 0 Å². The Morgan fingerprint density at radius 2 is 2.50 bits per heavy atom. The van der Waals surface area contributed by atoms with Gasteiger partial charge in [-0.05, 0) is 31.4 Å². The molecule has 0 aromatic carbocycles. The van der Waals surface area contributed by atoms with Crippen LogP contribution in [-0.4, -0.2) is 11.7 Å². The average molecular weight is 167 g/mol. The van der Waals surface area contributed by atoms with Gasteiger partial charge in [0.2, 0.25) is 0 Å². The van der Waals surface area contributed by atoms with E-state index in [0.717, 1.165) is 17.7 Å². The second-order valence-electron chi connectivity index (χ2n) is 3.45. The van der Waals surface area contributed by atoms with Crippen LogP contribution in [0, 0.1) is 6.92 Å². The zero-order valence-corrected chi connectivity index (χ0v) is 7.13. The smallest absolute Gasteiger partial charge is 0.140 e. The topological polar surface area (TPSA) is 59.4 Å². The molecule has 1 aromatic heterocycles. The van der Waals surface area contributed by atoms with E-state index in [1.807, 2.05) is 13.0 Å². The van der Waals surface area contributed by atoms with Crippen LogP contribution in [0.3, 0.4) is 0 Å². The van der Waals surface area contributed by atoms with Crippen molar-refractivity contribution in [3.63, 3.8) is 0 Å². The van der Waals surface area contributed by atoms with E-state index < -0.39 is 5.60 Å². The third-order valence-corrected chi connectivity index (χ3v) is 2.50. The number of hydrogen-bond acceptors (Lipinski definition) is 3. The van der Waals surface area contributed by atoms with Crippen molar-refractivity contribution in [3.05, 3.63) is 23.2 Å². The molecule has 12 heavy (non-hydrogen) atoms. The van der Waals surface area contributed by atoms with Gasteiger partial charge in [-0.1, -0.05) is 0 Å². The first-order chi connectivity index (χ1) is 5.65. The first-order valence-corrected chi connectivity index (χ1v) is 4.18. The maximum atomic E-state index is 9.95. The lowest BCUT2D eigenvalue weighted by Crippen LogP contribution is -2.31. The van der Waals surface area contributed by atoms with E-state index in [9.17, 15) is 5.11 Å². The van der Waals surface area contributed by atoms with Crippen LogP contribution in [0.15, 0.2) is 10.5 Å². The summed E-state index contributed by atoms with van der Waals surface area (Å²) in [6.45, 7) is 2.13. The van der Waals surface area contributed by atoms with Gasteiger partial charge in [0.15, 0.2) is 0 Å². The minimum absolute atomic E-state index is 0.243. The molecule has 1 unspecified atom stereocenters. The predicted molar refractivity (Wildman–Crippen MR) is 44.7 cm³/mol. The molecule has 1 heterocycles. The first-order valence-electron chi connectivity index (χ1n) is 4.18. The molecule has 0 saturated carbocycles. The summed E-state index contributed by atoms with van der Waals surface area (Å²) in [5, 5.41) is 9.95. The Bertz CT molecular complexity index is 305. The summed E-state index contributed by atoms with van der Waals surface area (Å²) in [5.41, 5.74) is 5.69. The van der Waals surface area contributed by atoms with Gasteiger partial charge in [-0.3, -0.25) is 0 Å². The molecule has 2 rings (SSSR count). The van der Waals surface area contributed by atoms with Crippen LogP contribution >= 0.6 is 0 Å². The molecule has 0 amide bonds. The fraction of sp³-hybridized carbons (Fsp3) is 0.556. The molecular weight excluding hydrogens is 154 g/mol. The lowest BCUT2D eigenvalue weighted by atomic mass is 10.0. The normalized spacial score (nSPS) is 27.6. The molecule has 0 aliphatic heterocycles. The van der Waals surface area contributed by atoms with E-state index >= 15 is 0 Å². The third-order valence-electron chi connectivity index (χ3n) is 2.50. The number of aliphatic hydroxyl groups is 1. The van der Waals surface area contributed by atoms with Crippen molar-refractivity contribution < 1.29 is 9.52 Å². The Balaban J connectivity index is 2.47. The fourth-order valence-corrected chi connectivity index (χ4v) is 1.80. The van der Waals surface area contributed by atoms with Crippen LogP contribution in [0.25, 0.3) is 0 Å². The Kier molecular flexibility index (Phi) is 1.53. The van der Waals surface area contributed by atoms with Crippen LogP contribution < -0.4 is 5.73 Å². The van der Waals surface area contributed by atoms with E-state index in [2.05, 4.69) is 0 Å². The standard InChI is InChI=1S/C9H13NO2/c1-6-4-7-2-3-9(11,5-10)8(7)12-6/h4,11H,2-3,5,10H2,1H3. The molecule has 0 spiro atoms. The van der Waals surface area contributed by atoms with Crippen molar-refractivity contribution >= 4 is 0 Å². The molecule has 0 fully saturated rings. The summed E-state index contributed by atoms with van der Waals surface area (Å²) in [6, 6.07) is 1.98. The lowest BCUT2D eigenvalue weighted by Gasteiger charge is -2.18. The van der Waals surface area contributed by atoms with Crippen molar-refractivity contribution in [2.45, 2.75) is 25.4 Å². The van der Waals surface area contributed by atoms with Gasteiger partial charge in [-0.15, -0.1) is 0 Å². The molecule has 1 aromatic rings. The minimum Gasteiger partial charge on any atom is -0.463 e. The Morgan fingerprint density at radius 3 is 3.17 bits per heavy atom. The third kappa shape index (κ3) is 0.901. The zero-order valence-electron chi connectivity index (χ0n) is 7.13. The average Bonchev–Trinajstić information content (AvgIpc) is 2.53. The summed E-state index contributed by atoms with van der Waals surface area (Å²) >= 11 is 0. The summed E-state index contributed by atoms with van der Waals surface area (Å²) in [4.78, 5) is 0. The number of nitrogens with two attached hydrogens (primary N) is 1. The summed E-state index contributed by atoms with van der Waals surface area (Å²) in [7, 11) is 0. The zero-order chi connectivity index (χ0) is 8.77. The van der Waals surface area contributed by atoms with Crippen molar-refractivity contribution in [1.82, 2.24) is 0 Å². The highest BCUT2D eigenvalue weighted by molar-refractivity contribution is 5.31. The van der Waals surface area contributed by atoms with Gasteiger partial charge in [-0.2, -0.15) is 0 Å². The first kappa shape index (κ1) is 7.83. The van der Waals surface area contributed by atoms with Crippen LogP contribution in [0.5, 0.6) is 0 Å². The molecule has 66 valence electrons. The van der Waals surface area contributed by atoms with Crippen LogP contribution in [0.4, 0.5) is 0 Å². The van der Waals surface area contributed by atoms with Gasteiger partial charge in [0, 0.05) is 6.54 Å². The molecule has 3 N–H and O–H groups in total. The maximum absolute atomic E-state index is 9.95. The highest BCUT2D eigenvalue weighted by Crippen LogP contribution is 2.37. The van der Waals surface area contributed by atoms with Gasteiger partial charge in [0.1, 0.15) is 17.1 Å². The second kappa shape index (κ2) is 2.34. The highest BCUT2D eigenvalue weighted by Gasteiger charge is 2.39. The predicted octanol–water partition coefficient (Wildman–Crippen LogP) is 0.681. The quantitative estimate of drug-likeness (QED) is 0.646. The van der Waals surface area contributed by atoms with E-state index in [1.165, 1.54) is 0 Å². The number of hydrogen-bond donors (Lipinski definition) is 2. The van der Waals surface area contributed by atoms with Gasteiger partial charge in [0.25, 0.3) is 0 Å². The largest absolute Gasteiger partial charge is 0.463 e. The Labute approximate surface area is 71.2 Å². The molecule has 0 bridgehead atoms. The lowest BCUT2D eigenvalue weighted by molar-refractivity contribution is 0.0262. The minimum atomic E-state index is -0.899. The number of furan rings is 1. The molecule has 0 radical (unpaired) electrons. The molecule has 0 saturated heterocycles. The molecular formula is C9H13NO2. The number of rotatable bonds is 1. The van der Waals surface area contributed by atoms with E-state index in [-0.39, 0.29) is 6.54 Å². The van der Waals surface area contributed by atoms with Crippen LogP contribution in [-0.2, 0) is 12.0 Å². The van der Waals surface area contributed by atoms with Crippen LogP contribution in [0.1, 0.15) is 23.5 Å². The summed E-state index contributed by atoms with van der Waals surface area (Å²) in [6.07, 6.45) is 1.57. The van der Waals surface area contributed by atoms with E-state index in [0.29, 0.717) is 12.2 Å². The molecule has 1 aliphatic rings. The van der Waals surface area contributed by atoms with Gasteiger partial charge >= 0.3 is 0 Å². The number of fused-ring (bicyclic) bond motifs is 1. The molecule has 1 aliphatic carbocycles. The van der Waals surface area contributed by atoms with E-state index in [1.54, 1.807) is 0 Å². The summed E-state index contributed by atoms with van der Waals surface area (Å²) < 4.78 is 5.40. The van der Waals surface area contributed by atoms with Gasteiger partial charge < -0.3 is 15.3 Å². The number of aryl methyl sites for hydroxylation is 2. The van der Waals surface area contributed by atoms with Crippen molar-refractivity contribution in [2.75, 3.05) is 6.54 Å². The molecule has 3 nitrogen and oxygen atoms in total. The van der Waals surface area contributed by atoms with E-state index in [4.69, 9.17) is 10.2 Å². The van der Waals surface area contributed by atoms with Crippen LogP contribution in [0.2, 0.25) is 0 Å². The Hall–Kier alpha value is -0.800. The van der Waals surface area contributed by atoms with Crippen molar-refractivity contribution in [1.29, 1.82) is 0 Å². The maximum Gasteiger partial charge on any atom is 0.140 e. The molecule has 3 heteroatoms. The highest BCUT2D eigenvalue weighted by atomic mass is 16.4. The van der Waals surface area contributed by atoms with Gasteiger partial charge in [0.05, 0.1) is 0 Å². The second-order valence-corrected chi connectivity index (χ2v) is 3.45. The molecule has 1 atom stereocenters. The monoisotopic (exact) mass is 167 g/mol. The Morgan fingerprint density at radius 1 is 1.75 bits per heavy atom.